The lowest BCUT2D eigenvalue weighted by molar-refractivity contribution is -0.165. The molecule has 2 atom stereocenters. The summed E-state index contributed by atoms with van der Waals surface area (Å²) in [4.78, 5) is 64.6. The predicted molar refractivity (Wildman–Crippen MR) is 172 cm³/mol. The van der Waals surface area contributed by atoms with Crippen LogP contribution in [-0.4, -0.2) is 86.7 Å². The van der Waals surface area contributed by atoms with E-state index < -0.39 is 53.8 Å². The molecule has 0 spiro atoms. The first-order valence-corrected chi connectivity index (χ1v) is 15.4. The Morgan fingerprint density at radius 3 is 2.33 bits per heavy atom. The topological polar surface area (TPSA) is 164 Å². The summed E-state index contributed by atoms with van der Waals surface area (Å²) in [7, 11) is 4.54. The Bertz CT molecular complexity index is 1500. The van der Waals surface area contributed by atoms with Gasteiger partial charge in [0.05, 0.1) is 26.7 Å². The average Bonchev–Trinajstić information content (AvgIpc) is 3.10. The molecule has 1 fully saturated rings. The van der Waals surface area contributed by atoms with E-state index in [2.05, 4.69) is 6.58 Å². The minimum Gasteiger partial charge on any atom is -0.496 e. The lowest BCUT2D eigenvalue weighted by Crippen LogP contribution is -2.53. The molecule has 3 rings (SSSR count). The van der Waals surface area contributed by atoms with Gasteiger partial charge >= 0.3 is 17.9 Å². The Kier molecular flexibility index (Phi) is 13.4. The number of carboxylic acids is 1. The summed E-state index contributed by atoms with van der Waals surface area (Å²) in [5.74, 6) is -2.50. The van der Waals surface area contributed by atoms with Crippen LogP contribution in [0.5, 0.6) is 23.0 Å². The second kappa shape index (κ2) is 17.2. The number of piperidine rings is 1. The maximum absolute atomic E-state index is 13.9. The van der Waals surface area contributed by atoms with Gasteiger partial charge in [0.15, 0.2) is 18.1 Å². The van der Waals surface area contributed by atoms with Crippen LogP contribution in [0.25, 0.3) is 0 Å². The number of nitrogens with zero attached hydrogens (tertiary/aromatic N) is 1. The molecule has 1 N–H and O–H groups in total. The molecule has 1 aliphatic heterocycles. The number of ether oxygens (including phenoxy) is 6. The Morgan fingerprint density at radius 1 is 1.00 bits per heavy atom. The van der Waals surface area contributed by atoms with E-state index in [4.69, 9.17) is 33.5 Å². The van der Waals surface area contributed by atoms with Crippen molar-refractivity contribution in [2.45, 2.75) is 58.1 Å². The van der Waals surface area contributed by atoms with E-state index in [1.54, 1.807) is 36.4 Å². The third-order valence-electron chi connectivity index (χ3n) is 7.90. The van der Waals surface area contributed by atoms with E-state index in [0.29, 0.717) is 42.1 Å². The number of carbonyl (C=O) groups is 5. The van der Waals surface area contributed by atoms with Crippen molar-refractivity contribution < 1.29 is 57.5 Å². The molecule has 13 nitrogen and oxygen atoms in total. The third-order valence-corrected chi connectivity index (χ3v) is 7.90. The fourth-order valence-corrected chi connectivity index (χ4v) is 5.25. The SMILES string of the molecule is C=CC(=O)OCC(C)(C)C(=O)C(=O)N1CCCC[C@H]1C(=O)O[C@H](CCc1cc(OC)c(OC)cc1OC)c1cccc(OCC(=O)O)c1. The number of hydrogen-bond donors (Lipinski definition) is 1. The number of esters is 2. The van der Waals surface area contributed by atoms with Crippen LogP contribution in [0.2, 0.25) is 0 Å². The highest BCUT2D eigenvalue weighted by Gasteiger charge is 2.42. The van der Waals surface area contributed by atoms with E-state index in [0.717, 1.165) is 11.6 Å². The lowest BCUT2D eigenvalue weighted by Gasteiger charge is -2.36. The smallest absolute Gasteiger partial charge is 0.341 e. The van der Waals surface area contributed by atoms with Gasteiger partial charge in [0.25, 0.3) is 5.91 Å². The van der Waals surface area contributed by atoms with Crippen LogP contribution in [-0.2, 0) is 39.9 Å². The Balaban J connectivity index is 1.90. The van der Waals surface area contributed by atoms with Crippen molar-refractivity contribution in [2.24, 2.45) is 5.41 Å². The Morgan fingerprint density at radius 2 is 1.69 bits per heavy atom. The fraction of sp³-hybridized carbons (Fsp3) is 0.457. The van der Waals surface area contributed by atoms with Crippen LogP contribution in [0, 0.1) is 5.41 Å². The maximum Gasteiger partial charge on any atom is 0.341 e. The lowest BCUT2D eigenvalue weighted by atomic mass is 9.87. The van der Waals surface area contributed by atoms with E-state index in [9.17, 15) is 24.0 Å². The van der Waals surface area contributed by atoms with Gasteiger partial charge < -0.3 is 38.4 Å². The maximum atomic E-state index is 13.9. The van der Waals surface area contributed by atoms with Gasteiger partial charge in [0, 0.05) is 18.7 Å². The highest BCUT2D eigenvalue weighted by molar-refractivity contribution is 6.38. The summed E-state index contributed by atoms with van der Waals surface area (Å²) in [5.41, 5.74) is -0.0754. The number of carboxylic acid groups (broad SMARTS) is 1. The number of Topliss-reactive ketones (excluding diaryl/α,β-unsaturated/α-hetero) is 1. The molecule has 13 heteroatoms. The number of ketones is 1. The zero-order valence-electron chi connectivity index (χ0n) is 27.9. The first-order chi connectivity index (χ1) is 22.8. The van der Waals surface area contributed by atoms with Crippen LogP contribution in [0.3, 0.4) is 0 Å². The number of likely N-dealkylation sites (tertiary alicyclic amines) is 1. The van der Waals surface area contributed by atoms with Crippen molar-refractivity contribution in [1.29, 1.82) is 0 Å². The molecule has 48 heavy (non-hydrogen) atoms. The Labute approximate surface area is 279 Å². The molecule has 0 radical (unpaired) electrons. The second-order valence-corrected chi connectivity index (χ2v) is 11.8. The van der Waals surface area contributed by atoms with Crippen LogP contribution in [0.1, 0.15) is 56.8 Å². The van der Waals surface area contributed by atoms with Crippen molar-refractivity contribution in [3.63, 3.8) is 0 Å². The molecule has 0 aliphatic carbocycles. The molecular formula is C35H43NO12. The van der Waals surface area contributed by atoms with Crippen molar-refractivity contribution in [1.82, 2.24) is 4.90 Å². The van der Waals surface area contributed by atoms with Crippen LogP contribution < -0.4 is 18.9 Å². The number of carbonyl (C=O) groups excluding carboxylic acids is 4. The number of benzene rings is 2. The average molecular weight is 670 g/mol. The fourth-order valence-electron chi connectivity index (χ4n) is 5.25. The van der Waals surface area contributed by atoms with Crippen LogP contribution >= 0.6 is 0 Å². The summed E-state index contributed by atoms with van der Waals surface area (Å²) in [6.07, 6.45) is 2.19. The zero-order chi connectivity index (χ0) is 35.4. The van der Waals surface area contributed by atoms with Crippen molar-refractivity contribution in [3.8, 4) is 23.0 Å². The summed E-state index contributed by atoms with van der Waals surface area (Å²) >= 11 is 0. The van der Waals surface area contributed by atoms with Crippen molar-refractivity contribution >= 4 is 29.6 Å². The van der Waals surface area contributed by atoms with Gasteiger partial charge in [-0.2, -0.15) is 0 Å². The summed E-state index contributed by atoms with van der Waals surface area (Å²) < 4.78 is 32.9. The normalized spacial score (nSPS) is 15.0. The highest BCUT2D eigenvalue weighted by atomic mass is 16.5. The van der Waals surface area contributed by atoms with Crippen molar-refractivity contribution in [2.75, 3.05) is 41.1 Å². The first kappa shape index (κ1) is 37.4. The van der Waals surface area contributed by atoms with Crippen LogP contribution in [0.15, 0.2) is 49.1 Å². The van der Waals surface area contributed by atoms with E-state index >= 15 is 0 Å². The van der Waals surface area contributed by atoms with Gasteiger partial charge in [-0.05, 0) is 75.3 Å². The molecule has 2 aromatic rings. The van der Waals surface area contributed by atoms with Gasteiger partial charge in [0.1, 0.15) is 30.3 Å². The molecule has 0 aromatic heterocycles. The number of aliphatic carboxylic acids is 1. The van der Waals surface area contributed by atoms with Crippen LogP contribution in [0.4, 0.5) is 0 Å². The molecule has 0 saturated carbocycles. The standard InChI is InChI=1S/C35H43NO12/c1-7-31(39)47-21-35(2,3)32(40)33(41)36-16-9-8-13-25(36)34(42)48-26(22-11-10-12-24(17-22)46-20-30(37)38)15-14-23-18-28(44-5)29(45-6)19-27(23)43-4/h7,10-12,17-19,25-26H,1,8-9,13-16,20-21H2,2-6H3,(H,37,38)/t25-,26+/m0/s1. The second-order valence-electron chi connectivity index (χ2n) is 11.8. The molecule has 0 bridgehead atoms. The van der Waals surface area contributed by atoms with Crippen molar-refractivity contribution in [3.05, 3.63) is 60.2 Å². The quantitative estimate of drug-likeness (QED) is 0.146. The molecule has 0 unspecified atom stereocenters. The number of aryl methyl sites for hydroxylation is 1. The molecule has 260 valence electrons. The molecule has 1 aliphatic rings. The number of hydrogen-bond acceptors (Lipinski definition) is 11. The third kappa shape index (κ3) is 9.72. The predicted octanol–water partition coefficient (Wildman–Crippen LogP) is 4.10. The van der Waals surface area contributed by atoms with Gasteiger partial charge in [-0.1, -0.05) is 18.7 Å². The summed E-state index contributed by atoms with van der Waals surface area (Å²) in [5, 5.41) is 9.07. The molecular weight excluding hydrogens is 626 g/mol. The van der Waals surface area contributed by atoms with Gasteiger partial charge in [-0.3, -0.25) is 9.59 Å². The number of rotatable bonds is 17. The van der Waals surface area contributed by atoms with E-state index in [1.165, 1.54) is 40.1 Å². The Hall–Kier alpha value is -5.07. The van der Waals surface area contributed by atoms with Gasteiger partial charge in [-0.25, -0.2) is 14.4 Å². The molecule has 1 heterocycles. The van der Waals surface area contributed by atoms with E-state index in [-0.39, 0.29) is 31.7 Å². The minimum absolute atomic E-state index is 0.166. The number of amides is 1. The minimum atomic E-state index is -1.35. The molecule has 1 amide bonds. The zero-order valence-corrected chi connectivity index (χ0v) is 27.9. The van der Waals surface area contributed by atoms with Gasteiger partial charge in [0.2, 0.25) is 5.78 Å². The first-order valence-electron chi connectivity index (χ1n) is 15.4. The monoisotopic (exact) mass is 669 g/mol. The van der Waals surface area contributed by atoms with Gasteiger partial charge in [-0.15, -0.1) is 0 Å². The summed E-state index contributed by atoms with van der Waals surface area (Å²) in [6, 6.07) is 8.98. The number of methoxy groups -OCH3 is 3. The highest BCUT2D eigenvalue weighted by Crippen LogP contribution is 2.37. The largest absolute Gasteiger partial charge is 0.496 e. The molecule has 1 saturated heterocycles. The molecule has 2 aromatic carbocycles. The summed E-state index contributed by atoms with van der Waals surface area (Å²) in [6.45, 7) is 5.56. The van der Waals surface area contributed by atoms with E-state index in [1.807, 2.05) is 0 Å².